The molecular formula is C12H16BrN3. The number of fused-ring (bicyclic) bond motifs is 1. The lowest BCUT2D eigenvalue weighted by Gasteiger charge is -2.23. The van der Waals surface area contributed by atoms with E-state index in [9.17, 15) is 0 Å². The molecule has 0 saturated carbocycles. The van der Waals surface area contributed by atoms with E-state index in [1.807, 2.05) is 18.2 Å². The van der Waals surface area contributed by atoms with Crippen LogP contribution in [-0.2, 0) is 5.41 Å². The summed E-state index contributed by atoms with van der Waals surface area (Å²) in [6.45, 7) is 4.88. The van der Waals surface area contributed by atoms with Crippen molar-refractivity contribution in [2.45, 2.75) is 25.7 Å². The van der Waals surface area contributed by atoms with Gasteiger partial charge in [-0.1, -0.05) is 29.8 Å². The van der Waals surface area contributed by atoms with Gasteiger partial charge in [-0.3, -0.25) is 0 Å². The van der Waals surface area contributed by atoms with Crippen molar-refractivity contribution in [3.05, 3.63) is 28.5 Å². The number of nitrogens with one attached hydrogen (secondary N) is 1. The molecule has 2 rings (SSSR count). The maximum Gasteiger partial charge on any atom is 0.114 e. The van der Waals surface area contributed by atoms with Crippen molar-refractivity contribution in [1.82, 2.24) is 9.97 Å². The number of nitrogens with zero attached hydrogens (tertiary/aromatic N) is 1. The second-order valence-corrected chi connectivity index (χ2v) is 5.28. The Labute approximate surface area is 104 Å². The molecule has 1 aromatic heterocycles. The van der Waals surface area contributed by atoms with E-state index in [-0.39, 0.29) is 5.41 Å². The minimum atomic E-state index is -0.0640. The van der Waals surface area contributed by atoms with Crippen LogP contribution >= 0.6 is 15.9 Å². The zero-order valence-corrected chi connectivity index (χ0v) is 11.1. The molecule has 0 spiro atoms. The van der Waals surface area contributed by atoms with E-state index < -0.39 is 0 Å². The lowest BCUT2D eigenvalue weighted by Crippen LogP contribution is -2.32. The number of H-pyrrole nitrogens is 1. The van der Waals surface area contributed by atoms with Crippen LogP contribution in [-0.4, -0.2) is 16.5 Å². The number of imidazole rings is 1. The second-order valence-electron chi connectivity index (χ2n) is 4.37. The number of nitrogens with two attached hydrogens (primary N) is 1. The second kappa shape index (κ2) is 4.18. The molecule has 86 valence electrons. The zero-order valence-electron chi connectivity index (χ0n) is 9.55. The number of halogens is 1. The highest BCUT2D eigenvalue weighted by molar-refractivity contribution is 9.10. The number of aromatic nitrogens is 2. The van der Waals surface area contributed by atoms with Crippen LogP contribution in [0.2, 0.25) is 0 Å². The van der Waals surface area contributed by atoms with E-state index >= 15 is 0 Å². The molecule has 0 fully saturated rings. The summed E-state index contributed by atoms with van der Waals surface area (Å²) in [4.78, 5) is 7.97. The SMILES string of the molecule is CCC(C)(CN)c1nc2ccc(Br)cc2[nH]1. The first-order valence-electron chi connectivity index (χ1n) is 5.45. The van der Waals surface area contributed by atoms with Gasteiger partial charge in [0.15, 0.2) is 0 Å². The molecule has 0 amide bonds. The number of hydrogen-bond acceptors (Lipinski definition) is 2. The van der Waals surface area contributed by atoms with E-state index in [0.29, 0.717) is 6.54 Å². The van der Waals surface area contributed by atoms with Crippen molar-refractivity contribution in [3.8, 4) is 0 Å². The predicted molar refractivity (Wildman–Crippen MR) is 70.5 cm³/mol. The molecule has 1 atom stereocenters. The van der Waals surface area contributed by atoms with Crippen LogP contribution in [0.25, 0.3) is 11.0 Å². The molecule has 1 heterocycles. The average molecular weight is 282 g/mol. The van der Waals surface area contributed by atoms with E-state index in [2.05, 4.69) is 39.7 Å². The van der Waals surface area contributed by atoms with E-state index in [1.54, 1.807) is 0 Å². The Morgan fingerprint density at radius 3 is 2.88 bits per heavy atom. The lowest BCUT2D eigenvalue weighted by atomic mass is 9.87. The van der Waals surface area contributed by atoms with Gasteiger partial charge in [-0.15, -0.1) is 0 Å². The molecule has 1 aromatic carbocycles. The predicted octanol–water partition coefficient (Wildman–Crippen LogP) is 2.95. The summed E-state index contributed by atoms with van der Waals surface area (Å²) in [5.41, 5.74) is 7.81. The Morgan fingerprint density at radius 1 is 1.50 bits per heavy atom. The molecule has 0 aliphatic heterocycles. The molecule has 0 aliphatic carbocycles. The maximum atomic E-state index is 5.83. The number of rotatable bonds is 3. The molecule has 0 saturated heterocycles. The van der Waals surface area contributed by atoms with Gasteiger partial charge in [0.25, 0.3) is 0 Å². The Kier molecular flexibility index (Phi) is 3.04. The van der Waals surface area contributed by atoms with Gasteiger partial charge in [0, 0.05) is 16.4 Å². The Hall–Kier alpha value is -0.870. The van der Waals surface area contributed by atoms with Crippen molar-refractivity contribution in [1.29, 1.82) is 0 Å². The topological polar surface area (TPSA) is 54.7 Å². The summed E-state index contributed by atoms with van der Waals surface area (Å²) in [6, 6.07) is 6.04. The van der Waals surface area contributed by atoms with Crippen molar-refractivity contribution in [2.24, 2.45) is 5.73 Å². The molecule has 0 radical (unpaired) electrons. The molecule has 2 aromatic rings. The quantitative estimate of drug-likeness (QED) is 0.909. The van der Waals surface area contributed by atoms with Crippen LogP contribution in [0.3, 0.4) is 0 Å². The van der Waals surface area contributed by atoms with Crippen molar-refractivity contribution >= 4 is 27.0 Å². The van der Waals surface area contributed by atoms with Gasteiger partial charge in [0.05, 0.1) is 11.0 Å². The molecule has 0 bridgehead atoms. The fraction of sp³-hybridized carbons (Fsp3) is 0.417. The van der Waals surface area contributed by atoms with Crippen LogP contribution in [0.5, 0.6) is 0 Å². The number of benzene rings is 1. The van der Waals surface area contributed by atoms with Crippen LogP contribution in [0.4, 0.5) is 0 Å². The first-order chi connectivity index (χ1) is 7.59. The molecule has 3 nitrogen and oxygen atoms in total. The minimum absolute atomic E-state index is 0.0640. The monoisotopic (exact) mass is 281 g/mol. The highest BCUT2D eigenvalue weighted by atomic mass is 79.9. The third-order valence-corrected chi connectivity index (χ3v) is 3.74. The first-order valence-corrected chi connectivity index (χ1v) is 6.24. The lowest BCUT2D eigenvalue weighted by molar-refractivity contribution is 0.443. The smallest absolute Gasteiger partial charge is 0.114 e. The summed E-state index contributed by atoms with van der Waals surface area (Å²) in [6.07, 6.45) is 0.977. The van der Waals surface area contributed by atoms with Crippen LogP contribution in [0.15, 0.2) is 22.7 Å². The van der Waals surface area contributed by atoms with Crippen molar-refractivity contribution < 1.29 is 0 Å². The third kappa shape index (κ3) is 1.87. The average Bonchev–Trinajstić information content (AvgIpc) is 2.71. The fourth-order valence-corrected chi connectivity index (χ4v) is 2.04. The Bertz CT molecular complexity index is 500. The summed E-state index contributed by atoms with van der Waals surface area (Å²) in [5.74, 6) is 0.977. The van der Waals surface area contributed by atoms with Crippen LogP contribution < -0.4 is 5.73 Å². The van der Waals surface area contributed by atoms with E-state index in [4.69, 9.17) is 5.73 Å². The van der Waals surface area contributed by atoms with Crippen LogP contribution in [0.1, 0.15) is 26.1 Å². The highest BCUT2D eigenvalue weighted by Crippen LogP contribution is 2.27. The largest absolute Gasteiger partial charge is 0.341 e. The van der Waals surface area contributed by atoms with Crippen molar-refractivity contribution in [2.75, 3.05) is 6.54 Å². The summed E-state index contributed by atoms with van der Waals surface area (Å²) >= 11 is 3.45. The van der Waals surface area contributed by atoms with Crippen LogP contribution in [0, 0.1) is 0 Å². The molecule has 0 aliphatic rings. The summed E-state index contributed by atoms with van der Waals surface area (Å²) < 4.78 is 1.06. The Morgan fingerprint density at radius 2 is 2.25 bits per heavy atom. The normalized spacial score (nSPS) is 15.2. The number of aromatic amines is 1. The third-order valence-electron chi connectivity index (χ3n) is 3.25. The first kappa shape index (κ1) is 11.6. The van der Waals surface area contributed by atoms with E-state index in [0.717, 1.165) is 27.8 Å². The fourth-order valence-electron chi connectivity index (χ4n) is 1.68. The number of hydrogen-bond donors (Lipinski definition) is 2. The summed E-state index contributed by atoms with van der Waals surface area (Å²) in [7, 11) is 0. The molecule has 16 heavy (non-hydrogen) atoms. The standard InChI is InChI=1S/C12H16BrN3/c1-3-12(2,7-14)11-15-9-5-4-8(13)6-10(9)16-11/h4-6H,3,7,14H2,1-2H3,(H,15,16). The van der Waals surface area contributed by atoms with Gasteiger partial charge in [-0.2, -0.15) is 0 Å². The van der Waals surface area contributed by atoms with Crippen molar-refractivity contribution in [3.63, 3.8) is 0 Å². The highest BCUT2D eigenvalue weighted by Gasteiger charge is 2.26. The van der Waals surface area contributed by atoms with Gasteiger partial charge in [-0.05, 0) is 24.6 Å². The van der Waals surface area contributed by atoms with Gasteiger partial charge >= 0.3 is 0 Å². The zero-order chi connectivity index (χ0) is 11.8. The maximum absolute atomic E-state index is 5.83. The molecule has 4 heteroatoms. The Balaban J connectivity index is 2.54. The molecular weight excluding hydrogens is 266 g/mol. The minimum Gasteiger partial charge on any atom is -0.341 e. The molecule has 3 N–H and O–H groups in total. The van der Waals surface area contributed by atoms with Gasteiger partial charge in [-0.25, -0.2) is 4.98 Å². The van der Waals surface area contributed by atoms with Gasteiger partial charge < -0.3 is 10.7 Å². The molecule has 1 unspecified atom stereocenters. The van der Waals surface area contributed by atoms with Gasteiger partial charge in [0.2, 0.25) is 0 Å². The van der Waals surface area contributed by atoms with Gasteiger partial charge in [0.1, 0.15) is 5.82 Å². The van der Waals surface area contributed by atoms with E-state index in [1.165, 1.54) is 0 Å². The summed E-state index contributed by atoms with van der Waals surface area (Å²) in [5, 5.41) is 0.